The fraction of sp³-hybridized carbons (Fsp3) is 0.867. The molecule has 1 unspecified atom stereocenters. The molecule has 2 heterocycles. The van der Waals surface area contributed by atoms with Crippen LogP contribution >= 0.6 is 0 Å². The molecule has 0 saturated carbocycles. The van der Waals surface area contributed by atoms with Gasteiger partial charge in [0.25, 0.3) is 0 Å². The van der Waals surface area contributed by atoms with Gasteiger partial charge < -0.3 is 20.1 Å². The molecular weight excluding hydrogens is 272 g/mol. The smallest absolute Gasteiger partial charge is 0.311 e. The maximum Gasteiger partial charge on any atom is 0.311 e. The van der Waals surface area contributed by atoms with Crippen LogP contribution in [0.25, 0.3) is 0 Å². The van der Waals surface area contributed by atoms with Crippen LogP contribution in [0.4, 0.5) is 0 Å². The Balaban J connectivity index is 1.85. The average molecular weight is 298 g/mol. The number of hydrogen-bond acceptors (Lipinski definition) is 4. The largest absolute Gasteiger partial charge is 0.481 e. The van der Waals surface area contributed by atoms with Gasteiger partial charge in [0.05, 0.1) is 11.5 Å². The van der Waals surface area contributed by atoms with E-state index in [0.29, 0.717) is 19.5 Å². The van der Waals surface area contributed by atoms with E-state index < -0.39 is 11.4 Å². The van der Waals surface area contributed by atoms with E-state index in [-0.39, 0.29) is 24.5 Å². The quantitative estimate of drug-likeness (QED) is 0.781. The molecule has 0 aromatic carbocycles. The number of carboxylic acid groups (broad SMARTS) is 1. The second-order valence-corrected chi connectivity index (χ2v) is 6.44. The SMILES string of the molecule is CC(C)C1(C(=O)O)CCN(C(=O)COC2CCNCC2)C1. The Labute approximate surface area is 125 Å². The molecule has 2 N–H and O–H groups in total. The summed E-state index contributed by atoms with van der Waals surface area (Å²) in [5.41, 5.74) is -0.801. The van der Waals surface area contributed by atoms with Crippen molar-refractivity contribution in [2.75, 3.05) is 32.8 Å². The number of carboxylic acids is 1. The molecule has 2 aliphatic rings. The molecule has 21 heavy (non-hydrogen) atoms. The van der Waals surface area contributed by atoms with E-state index in [4.69, 9.17) is 4.74 Å². The number of rotatable bonds is 5. The number of likely N-dealkylation sites (tertiary alicyclic amines) is 1. The van der Waals surface area contributed by atoms with E-state index in [9.17, 15) is 14.7 Å². The number of hydrogen-bond donors (Lipinski definition) is 2. The lowest BCUT2D eigenvalue weighted by Crippen LogP contribution is -2.42. The number of nitrogens with zero attached hydrogens (tertiary/aromatic N) is 1. The van der Waals surface area contributed by atoms with Gasteiger partial charge in [-0.25, -0.2) is 0 Å². The van der Waals surface area contributed by atoms with Crippen molar-refractivity contribution in [2.45, 2.75) is 39.2 Å². The Morgan fingerprint density at radius 2 is 2.05 bits per heavy atom. The first-order valence-corrected chi connectivity index (χ1v) is 7.79. The number of nitrogens with one attached hydrogen (secondary N) is 1. The van der Waals surface area contributed by atoms with Crippen molar-refractivity contribution in [3.63, 3.8) is 0 Å². The van der Waals surface area contributed by atoms with Crippen LogP contribution in [-0.2, 0) is 14.3 Å². The first kappa shape index (κ1) is 16.2. The number of ether oxygens (including phenoxy) is 1. The molecule has 120 valence electrons. The predicted octanol–water partition coefficient (Wildman–Crippen LogP) is 0.714. The van der Waals surface area contributed by atoms with Gasteiger partial charge in [0.2, 0.25) is 5.91 Å². The van der Waals surface area contributed by atoms with Gasteiger partial charge in [0, 0.05) is 13.1 Å². The highest BCUT2D eigenvalue weighted by Crippen LogP contribution is 2.38. The Morgan fingerprint density at radius 1 is 1.38 bits per heavy atom. The van der Waals surface area contributed by atoms with Crippen molar-refractivity contribution < 1.29 is 19.4 Å². The number of piperidine rings is 1. The second kappa shape index (κ2) is 6.75. The summed E-state index contributed by atoms with van der Waals surface area (Å²) in [5, 5.41) is 12.7. The molecule has 0 radical (unpaired) electrons. The zero-order valence-corrected chi connectivity index (χ0v) is 12.9. The first-order valence-electron chi connectivity index (χ1n) is 7.79. The van der Waals surface area contributed by atoms with Gasteiger partial charge in [0.1, 0.15) is 6.61 Å². The van der Waals surface area contributed by atoms with E-state index >= 15 is 0 Å². The van der Waals surface area contributed by atoms with Crippen molar-refractivity contribution in [1.29, 1.82) is 0 Å². The lowest BCUT2D eigenvalue weighted by Gasteiger charge is -2.29. The molecule has 2 saturated heterocycles. The summed E-state index contributed by atoms with van der Waals surface area (Å²) in [5.74, 6) is -0.873. The summed E-state index contributed by atoms with van der Waals surface area (Å²) in [4.78, 5) is 25.4. The molecule has 6 heteroatoms. The summed E-state index contributed by atoms with van der Waals surface area (Å²) in [7, 11) is 0. The third-order valence-corrected chi connectivity index (χ3v) is 4.91. The van der Waals surface area contributed by atoms with Gasteiger partial charge in [-0.3, -0.25) is 9.59 Å². The number of carbonyl (C=O) groups excluding carboxylic acids is 1. The predicted molar refractivity (Wildman–Crippen MR) is 77.9 cm³/mol. The van der Waals surface area contributed by atoms with Crippen molar-refractivity contribution in [2.24, 2.45) is 11.3 Å². The maximum absolute atomic E-state index is 12.2. The van der Waals surface area contributed by atoms with Crippen LogP contribution in [-0.4, -0.2) is 60.8 Å². The van der Waals surface area contributed by atoms with Crippen molar-refractivity contribution in [3.05, 3.63) is 0 Å². The van der Waals surface area contributed by atoms with E-state index in [2.05, 4.69) is 5.32 Å². The van der Waals surface area contributed by atoms with Gasteiger partial charge in [0.15, 0.2) is 0 Å². The molecule has 2 rings (SSSR count). The van der Waals surface area contributed by atoms with Gasteiger partial charge in [-0.2, -0.15) is 0 Å². The summed E-state index contributed by atoms with van der Waals surface area (Å²) in [6, 6.07) is 0. The molecule has 0 aliphatic carbocycles. The molecule has 2 fully saturated rings. The molecule has 1 amide bonds. The van der Waals surface area contributed by atoms with Crippen LogP contribution in [0.1, 0.15) is 33.1 Å². The molecule has 2 aliphatic heterocycles. The monoisotopic (exact) mass is 298 g/mol. The third kappa shape index (κ3) is 3.55. The Kier molecular flexibility index (Phi) is 5.22. The highest BCUT2D eigenvalue weighted by Gasteiger charge is 2.48. The van der Waals surface area contributed by atoms with E-state index in [1.165, 1.54) is 0 Å². The van der Waals surface area contributed by atoms with Gasteiger partial charge in [-0.1, -0.05) is 13.8 Å². The Hall–Kier alpha value is -1.14. The van der Waals surface area contributed by atoms with Crippen molar-refractivity contribution in [3.8, 4) is 0 Å². The normalized spacial score (nSPS) is 27.3. The van der Waals surface area contributed by atoms with E-state index in [0.717, 1.165) is 25.9 Å². The molecule has 0 bridgehead atoms. The molecule has 0 aromatic heterocycles. The van der Waals surface area contributed by atoms with Crippen LogP contribution in [0, 0.1) is 11.3 Å². The van der Waals surface area contributed by atoms with Gasteiger partial charge in [-0.05, 0) is 38.3 Å². The third-order valence-electron chi connectivity index (χ3n) is 4.91. The number of aliphatic carboxylic acids is 1. The number of carbonyl (C=O) groups is 2. The summed E-state index contributed by atoms with van der Waals surface area (Å²) < 4.78 is 5.67. The minimum atomic E-state index is -0.801. The summed E-state index contributed by atoms with van der Waals surface area (Å²) in [6.45, 7) is 6.56. The molecular formula is C15H26N2O4. The molecule has 0 spiro atoms. The van der Waals surface area contributed by atoms with E-state index in [1.807, 2.05) is 13.8 Å². The molecule has 0 aromatic rings. The van der Waals surface area contributed by atoms with Crippen LogP contribution in [0.3, 0.4) is 0 Å². The average Bonchev–Trinajstić information content (AvgIpc) is 2.92. The fourth-order valence-electron chi connectivity index (χ4n) is 3.18. The lowest BCUT2D eigenvalue weighted by molar-refractivity contribution is -0.151. The van der Waals surface area contributed by atoms with Gasteiger partial charge >= 0.3 is 5.97 Å². The van der Waals surface area contributed by atoms with Crippen LogP contribution < -0.4 is 5.32 Å². The zero-order chi connectivity index (χ0) is 15.5. The Morgan fingerprint density at radius 3 is 2.57 bits per heavy atom. The topological polar surface area (TPSA) is 78.9 Å². The van der Waals surface area contributed by atoms with Crippen LogP contribution in [0.2, 0.25) is 0 Å². The Bertz CT molecular complexity index is 393. The lowest BCUT2D eigenvalue weighted by atomic mass is 9.76. The standard InChI is InChI=1S/C15H26N2O4/c1-11(2)15(14(19)20)5-8-17(10-15)13(18)9-21-12-3-6-16-7-4-12/h11-12,16H,3-10H2,1-2H3,(H,19,20). The summed E-state index contributed by atoms with van der Waals surface area (Å²) >= 11 is 0. The van der Waals surface area contributed by atoms with Crippen LogP contribution in [0.5, 0.6) is 0 Å². The molecule has 6 nitrogen and oxygen atoms in total. The minimum Gasteiger partial charge on any atom is -0.481 e. The highest BCUT2D eigenvalue weighted by atomic mass is 16.5. The summed E-state index contributed by atoms with van der Waals surface area (Å²) in [6.07, 6.45) is 2.53. The first-order chi connectivity index (χ1) is 9.95. The van der Waals surface area contributed by atoms with E-state index in [1.54, 1.807) is 4.90 Å². The highest BCUT2D eigenvalue weighted by molar-refractivity contribution is 5.81. The second-order valence-electron chi connectivity index (χ2n) is 6.44. The van der Waals surface area contributed by atoms with Crippen molar-refractivity contribution >= 4 is 11.9 Å². The maximum atomic E-state index is 12.2. The minimum absolute atomic E-state index is 0.0122. The van der Waals surface area contributed by atoms with Crippen LogP contribution in [0.15, 0.2) is 0 Å². The fourth-order valence-corrected chi connectivity index (χ4v) is 3.18. The van der Waals surface area contributed by atoms with Crippen molar-refractivity contribution in [1.82, 2.24) is 10.2 Å². The van der Waals surface area contributed by atoms with Gasteiger partial charge in [-0.15, -0.1) is 0 Å². The molecule has 1 atom stereocenters. The zero-order valence-electron chi connectivity index (χ0n) is 12.9. The number of amides is 1.